The van der Waals surface area contributed by atoms with E-state index in [9.17, 15) is 14.0 Å². The van der Waals surface area contributed by atoms with Crippen LogP contribution in [-0.2, 0) is 9.53 Å². The van der Waals surface area contributed by atoms with Gasteiger partial charge in [0.1, 0.15) is 11.6 Å². The largest absolute Gasteiger partial charge is 0.497 e. The number of hydrogen-bond donors (Lipinski definition) is 0. The van der Waals surface area contributed by atoms with Crippen molar-refractivity contribution in [2.24, 2.45) is 0 Å². The maximum absolute atomic E-state index is 13.9. The van der Waals surface area contributed by atoms with Gasteiger partial charge in [0.25, 0.3) is 5.91 Å². The van der Waals surface area contributed by atoms with Gasteiger partial charge in [-0.1, -0.05) is 0 Å². The van der Waals surface area contributed by atoms with Crippen LogP contribution in [0.15, 0.2) is 36.7 Å². The van der Waals surface area contributed by atoms with E-state index in [4.69, 9.17) is 9.47 Å². The Morgan fingerprint density at radius 1 is 1.15 bits per heavy atom. The zero-order chi connectivity index (χ0) is 19.2. The molecule has 0 bridgehead atoms. The average molecular weight is 374 g/mol. The lowest BCUT2D eigenvalue weighted by atomic mass is 10.2. The highest BCUT2D eigenvalue weighted by atomic mass is 19.1. The third kappa shape index (κ3) is 4.49. The van der Waals surface area contributed by atoms with Crippen molar-refractivity contribution in [1.82, 2.24) is 14.9 Å². The number of ether oxygens (including phenoxy) is 2. The number of halogens is 1. The van der Waals surface area contributed by atoms with E-state index in [-0.39, 0.29) is 11.5 Å². The molecule has 0 saturated carbocycles. The Balaban J connectivity index is 1.49. The number of nitrogens with zero attached hydrogens (tertiary/aromatic N) is 4. The summed E-state index contributed by atoms with van der Waals surface area (Å²) < 4.78 is 23.7. The molecular formula is C18H19FN4O4. The van der Waals surface area contributed by atoms with E-state index in [1.807, 2.05) is 4.90 Å². The highest BCUT2D eigenvalue weighted by Crippen LogP contribution is 2.17. The molecule has 1 aromatic heterocycles. The van der Waals surface area contributed by atoms with Crippen molar-refractivity contribution in [1.29, 1.82) is 0 Å². The van der Waals surface area contributed by atoms with E-state index >= 15 is 0 Å². The number of aromatic nitrogens is 2. The monoisotopic (exact) mass is 374 g/mol. The van der Waals surface area contributed by atoms with Crippen molar-refractivity contribution in [2.75, 3.05) is 44.8 Å². The molecule has 27 heavy (non-hydrogen) atoms. The lowest BCUT2D eigenvalue weighted by molar-refractivity contribution is -0.134. The van der Waals surface area contributed by atoms with Gasteiger partial charge >= 0.3 is 5.97 Å². The standard InChI is InChI=1S/C18H19FN4O4/c1-26-13-3-4-14(15(19)11-13)17(25)27-12-16(24)22-7-9-23(10-8-22)18-20-5-2-6-21-18/h2-6,11H,7-10,12H2,1H3. The first-order valence-electron chi connectivity index (χ1n) is 8.39. The van der Waals surface area contributed by atoms with Crippen LogP contribution in [0.4, 0.5) is 10.3 Å². The van der Waals surface area contributed by atoms with E-state index in [1.165, 1.54) is 19.2 Å². The molecule has 1 saturated heterocycles. The Hall–Kier alpha value is -3.23. The van der Waals surface area contributed by atoms with Crippen molar-refractivity contribution in [3.63, 3.8) is 0 Å². The molecule has 0 atom stereocenters. The molecule has 9 heteroatoms. The number of carbonyl (C=O) groups excluding carboxylic acids is 2. The molecule has 2 heterocycles. The van der Waals surface area contributed by atoms with Crippen molar-refractivity contribution in [3.05, 3.63) is 48.0 Å². The van der Waals surface area contributed by atoms with E-state index in [0.717, 1.165) is 6.07 Å². The SMILES string of the molecule is COc1ccc(C(=O)OCC(=O)N2CCN(c3ncccn3)CC2)c(F)c1. The minimum atomic E-state index is -0.889. The first-order chi connectivity index (χ1) is 13.1. The van der Waals surface area contributed by atoms with Crippen LogP contribution in [0, 0.1) is 5.82 Å². The maximum atomic E-state index is 13.9. The fourth-order valence-corrected chi connectivity index (χ4v) is 2.70. The summed E-state index contributed by atoms with van der Waals surface area (Å²) in [6, 6.07) is 5.54. The van der Waals surface area contributed by atoms with Gasteiger partial charge in [-0.05, 0) is 18.2 Å². The number of rotatable bonds is 5. The molecule has 142 valence electrons. The van der Waals surface area contributed by atoms with Crippen LogP contribution in [0.1, 0.15) is 10.4 Å². The number of methoxy groups -OCH3 is 1. The molecule has 2 aromatic rings. The summed E-state index contributed by atoms with van der Waals surface area (Å²) in [4.78, 5) is 36.2. The van der Waals surface area contributed by atoms with Crippen LogP contribution in [0.3, 0.4) is 0 Å². The topological polar surface area (TPSA) is 84.9 Å². The minimum Gasteiger partial charge on any atom is -0.497 e. The maximum Gasteiger partial charge on any atom is 0.341 e. The number of amides is 1. The van der Waals surface area contributed by atoms with Crippen LogP contribution in [0.5, 0.6) is 5.75 Å². The molecule has 0 N–H and O–H groups in total. The lowest BCUT2D eigenvalue weighted by Crippen LogP contribution is -2.50. The van der Waals surface area contributed by atoms with Crippen LogP contribution >= 0.6 is 0 Å². The second kappa shape index (κ2) is 8.43. The number of carbonyl (C=O) groups is 2. The van der Waals surface area contributed by atoms with Crippen LogP contribution < -0.4 is 9.64 Å². The van der Waals surface area contributed by atoms with Gasteiger partial charge in [-0.15, -0.1) is 0 Å². The predicted octanol–water partition coefficient (Wildman–Crippen LogP) is 1.13. The van der Waals surface area contributed by atoms with E-state index in [1.54, 1.807) is 23.4 Å². The van der Waals surface area contributed by atoms with Crippen molar-refractivity contribution in [2.45, 2.75) is 0 Å². The Morgan fingerprint density at radius 3 is 2.48 bits per heavy atom. The Morgan fingerprint density at radius 2 is 1.85 bits per heavy atom. The first kappa shape index (κ1) is 18.6. The summed E-state index contributed by atoms with van der Waals surface area (Å²) in [5.41, 5.74) is -0.241. The van der Waals surface area contributed by atoms with Crippen LogP contribution in [0.25, 0.3) is 0 Å². The number of anilines is 1. The second-order valence-electron chi connectivity index (χ2n) is 5.84. The zero-order valence-electron chi connectivity index (χ0n) is 14.8. The molecule has 0 radical (unpaired) electrons. The van der Waals surface area contributed by atoms with Crippen LogP contribution in [0.2, 0.25) is 0 Å². The molecule has 0 unspecified atom stereocenters. The molecule has 1 aliphatic heterocycles. The molecule has 1 aliphatic rings. The quantitative estimate of drug-likeness (QED) is 0.725. The average Bonchev–Trinajstić information content (AvgIpc) is 2.72. The van der Waals surface area contributed by atoms with Crippen molar-refractivity contribution < 1.29 is 23.5 Å². The van der Waals surface area contributed by atoms with Gasteiger partial charge < -0.3 is 19.3 Å². The molecule has 0 spiro atoms. The molecule has 1 fully saturated rings. The number of piperazine rings is 1. The third-order valence-electron chi connectivity index (χ3n) is 4.19. The molecular weight excluding hydrogens is 355 g/mol. The molecule has 1 aromatic carbocycles. The van der Waals surface area contributed by atoms with Crippen molar-refractivity contribution in [3.8, 4) is 5.75 Å². The Kier molecular flexibility index (Phi) is 5.80. The van der Waals surface area contributed by atoms with Gasteiger partial charge in [-0.2, -0.15) is 0 Å². The molecule has 0 aliphatic carbocycles. The summed E-state index contributed by atoms with van der Waals surface area (Å²) in [6.45, 7) is 1.65. The number of hydrogen-bond acceptors (Lipinski definition) is 7. The molecule has 3 rings (SSSR count). The van der Waals surface area contributed by atoms with Gasteiger partial charge in [0.15, 0.2) is 6.61 Å². The van der Waals surface area contributed by atoms with E-state index in [0.29, 0.717) is 37.9 Å². The van der Waals surface area contributed by atoms with Gasteiger partial charge in [0, 0.05) is 44.6 Å². The first-order valence-corrected chi connectivity index (χ1v) is 8.39. The summed E-state index contributed by atoms with van der Waals surface area (Å²) in [7, 11) is 1.40. The van der Waals surface area contributed by atoms with Crippen LogP contribution in [-0.4, -0.2) is 66.6 Å². The molecule has 1 amide bonds. The van der Waals surface area contributed by atoms with Crippen molar-refractivity contribution >= 4 is 17.8 Å². The molecule has 8 nitrogen and oxygen atoms in total. The smallest absolute Gasteiger partial charge is 0.341 e. The van der Waals surface area contributed by atoms with Gasteiger partial charge in [0.05, 0.1) is 12.7 Å². The summed E-state index contributed by atoms with van der Waals surface area (Å²) in [6.07, 6.45) is 3.33. The van der Waals surface area contributed by atoms with E-state index in [2.05, 4.69) is 9.97 Å². The lowest BCUT2D eigenvalue weighted by Gasteiger charge is -2.34. The summed E-state index contributed by atoms with van der Waals surface area (Å²) in [5, 5.41) is 0. The number of benzene rings is 1. The van der Waals surface area contributed by atoms with Gasteiger partial charge in [-0.3, -0.25) is 4.79 Å². The normalized spacial score (nSPS) is 14.0. The Labute approximate surface area is 155 Å². The minimum absolute atomic E-state index is 0.241. The highest BCUT2D eigenvalue weighted by molar-refractivity contribution is 5.91. The zero-order valence-corrected chi connectivity index (χ0v) is 14.8. The second-order valence-corrected chi connectivity index (χ2v) is 5.84. The summed E-state index contributed by atoms with van der Waals surface area (Å²) in [5.74, 6) is -1.07. The number of esters is 1. The fraction of sp³-hybridized carbons (Fsp3) is 0.333. The van der Waals surface area contributed by atoms with Gasteiger partial charge in [0.2, 0.25) is 5.95 Å². The summed E-state index contributed by atoms with van der Waals surface area (Å²) >= 11 is 0. The fourth-order valence-electron chi connectivity index (χ4n) is 2.70. The third-order valence-corrected chi connectivity index (χ3v) is 4.19. The van der Waals surface area contributed by atoms with Gasteiger partial charge in [-0.25, -0.2) is 19.2 Å². The Bertz CT molecular complexity index is 810. The van der Waals surface area contributed by atoms with E-state index < -0.39 is 18.4 Å². The predicted molar refractivity (Wildman–Crippen MR) is 94.1 cm³/mol. The highest BCUT2D eigenvalue weighted by Gasteiger charge is 2.24.